The molecule has 0 saturated carbocycles. The van der Waals surface area contributed by atoms with Crippen molar-refractivity contribution < 1.29 is 19.1 Å². The first-order valence-electron chi connectivity index (χ1n) is 9.49. The fourth-order valence-electron chi connectivity index (χ4n) is 2.97. The van der Waals surface area contributed by atoms with Crippen molar-refractivity contribution in [3.05, 3.63) is 29.3 Å². The molecule has 3 amide bonds. The van der Waals surface area contributed by atoms with Gasteiger partial charge in [-0.15, -0.1) is 0 Å². The number of ether oxygens (including phenoxy) is 1. The van der Waals surface area contributed by atoms with Crippen LogP contribution in [0.3, 0.4) is 0 Å². The molecule has 1 aliphatic rings. The number of aryl methyl sites for hydroxylation is 2. The molecule has 154 valence electrons. The quantitative estimate of drug-likeness (QED) is 0.709. The molecule has 0 bridgehead atoms. The van der Waals surface area contributed by atoms with E-state index in [4.69, 9.17) is 4.74 Å². The van der Waals surface area contributed by atoms with E-state index in [1.807, 2.05) is 32.0 Å². The summed E-state index contributed by atoms with van der Waals surface area (Å²) >= 11 is 0. The minimum absolute atomic E-state index is 0.0294. The van der Waals surface area contributed by atoms with Crippen LogP contribution in [0.25, 0.3) is 0 Å². The lowest BCUT2D eigenvalue weighted by Crippen LogP contribution is -2.50. The standard InChI is InChI=1S/C20H30N4O4/c1-14-6-5-7-15(2)19(14)22-17(25)12-21-20(27)16(3)23(4)13-18(26)24-8-10-28-11-9-24/h5-7,16H,8-13H2,1-4H3,(H,21,27)(H,22,25)/t16-/m1/s1. The number of nitrogens with one attached hydrogen (secondary N) is 2. The Labute approximate surface area is 166 Å². The van der Waals surface area contributed by atoms with Crippen LogP contribution in [0.2, 0.25) is 0 Å². The Morgan fingerprint density at radius 1 is 1.18 bits per heavy atom. The van der Waals surface area contributed by atoms with Crippen LogP contribution in [-0.2, 0) is 19.1 Å². The number of anilines is 1. The number of amides is 3. The van der Waals surface area contributed by atoms with Crippen molar-refractivity contribution in [2.24, 2.45) is 0 Å². The number of carbonyl (C=O) groups excluding carboxylic acids is 3. The first-order chi connectivity index (χ1) is 13.3. The summed E-state index contributed by atoms with van der Waals surface area (Å²) < 4.78 is 5.24. The fraction of sp³-hybridized carbons (Fsp3) is 0.550. The van der Waals surface area contributed by atoms with Crippen molar-refractivity contribution in [3.8, 4) is 0 Å². The molecule has 0 spiro atoms. The fourth-order valence-corrected chi connectivity index (χ4v) is 2.97. The van der Waals surface area contributed by atoms with Crippen molar-refractivity contribution in [2.75, 3.05) is 51.8 Å². The molecule has 1 atom stereocenters. The van der Waals surface area contributed by atoms with Crippen molar-refractivity contribution in [1.82, 2.24) is 15.1 Å². The van der Waals surface area contributed by atoms with E-state index >= 15 is 0 Å². The van der Waals surface area contributed by atoms with Gasteiger partial charge in [0.05, 0.1) is 32.3 Å². The molecule has 1 aromatic rings. The van der Waals surface area contributed by atoms with Gasteiger partial charge >= 0.3 is 0 Å². The van der Waals surface area contributed by atoms with Crippen LogP contribution in [0.15, 0.2) is 18.2 Å². The largest absolute Gasteiger partial charge is 0.378 e. The second-order valence-electron chi connectivity index (χ2n) is 7.12. The third-order valence-corrected chi connectivity index (χ3v) is 4.96. The topological polar surface area (TPSA) is 91.0 Å². The molecule has 0 aromatic heterocycles. The van der Waals surface area contributed by atoms with Gasteiger partial charge in [0.15, 0.2) is 0 Å². The third kappa shape index (κ3) is 6.03. The van der Waals surface area contributed by atoms with E-state index in [2.05, 4.69) is 10.6 Å². The SMILES string of the molecule is Cc1cccc(C)c1NC(=O)CNC(=O)[C@@H](C)N(C)CC(=O)N1CCOCC1. The average molecular weight is 390 g/mol. The van der Waals surface area contributed by atoms with Crippen LogP contribution >= 0.6 is 0 Å². The average Bonchev–Trinajstić information content (AvgIpc) is 2.69. The Morgan fingerprint density at radius 2 is 1.79 bits per heavy atom. The predicted octanol–water partition coefficient (Wildman–Crippen LogP) is 0.537. The first-order valence-corrected chi connectivity index (χ1v) is 9.49. The predicted molar refractivity (Wildman–Crippen MR) is 107 cm³/mol. The Bertz CT molecular complexity index is 696. The second kappa shape index (κ2) is 10.2. The minimum atomic E-state index is -0.530. The summed E-state index contributed by atoms with van der Waals surface area (Å²) in [5, 5.41) is 5.47. The molecule has 2 N–H and O–H groups in total. The first kappa shape index (κ1) is 21.8. The van der Waals surface area contributed by atoms with Gasteiger partial charge in [0.1, 0.15) is 0 Å². The minimum Gasteiger partial charge on any atom is -0.378 e. The van der Waals surface area contributed by atoms with Crippen LogP contribution in [0.1, 0.15) is 18.1 Å². The molecule has 1 saturated heterocycles. The van der Waals surface area contributed by atoms with Gasteiger partial charge in [0, 0.05) is 18.8 Å². The smallest absolute Gasteiger partial charge is 0.243 e. The molecule has 1 aromatic carbocycles. The van der Waals surface area contributed by atoms with Crippen LogP contribution in [0.4, 0.5) is 5.69 Å². The summed E-state index contributed by atoms with van der Waals surface area (Å²) in [6, 6.07) is 5.24. The number of carbonyl (C=O) groups is 3. The summed E-state index contributed by atoms with van der Waals surface area (Å²) in [6.45, 7) is 7.81. The molecule has 0 aliphatic carbocycles. The summed E-state index contributed by atoms with van der Waals surface area (Å²) in [5.41, 5.74) is 2.70. The number of rotatable bonds is 7. The molecular weight excluding hydrogens is 360 g/mol. The van der Waals surface area contributed by atoms with Crippen molar-refractivity contribution >= 4 is 23.4 Å². The zero-order valence-corrected chi connectivity index (χ0v) is 17.1. The van der Waals surface area contributed by atoms with E-state index < -0.39 is 6.04 Å². The highest BCUT2D eigenvalue weighted by atomic mass is 16.5. The maximum Gasteiger partial charge on any atom is 0.243 e. The summed E-state index contributed by atoms with van der Waals surface area (Å²) in [6.07, 6.45) is 0. The van der Waals surface area contributed by atoms with Crippen LogP contribution in [0, 0.1) is 13.8 Å². The van der Waals surface area contributed by atoms with E-state index in [0.717, 1.165) is 16.8 Å². The molecule has 0 radical (unpaired) electrons. The number of para-hydroxylation sites is 1. The van der Waals surface area contributed by atoms with Gasteiger partial charge < -0.3 is 20.3 Å². The summed E-state index contributed by atoms with van der Waals surface area (Å²) in [7, 11) is 1.72. The summed E-state index contributed by atoms with van der Waals surface area (Å²) in [5.74, 6) is -0.614. The van der Waals surface area contributed by atoms with Crippen molar-refractivity contribution in [3.63, 3.8) is 0 Å². The Balaban J connectivity index is 1.79. The van der Waals surface area contributed by atoms with Gasteiger partial charge in [-0.25, -0.2) is 0 Å². The molecular formula is C20H30N4O4. The van der Waals surface area contributed by atoms with Gasteiger partial charge in [-0.3, -0.25) is 19.3 Å². The molecule has 28 heavy (non-hydrogen) atoms. The van der Waals surface area contributed by atoms with Crippen LogP contribution in [-0.4, -0.2) is 80.0 Å². The van der Waals surface area contributed by atoms with Crippen molar-refractivity contribution in [1.29, 1.82) is 0 Å². The molecule has 1 heterocycles. The second-order valence-corrected chi connectivity index (χ2v) is 7.12. The maximum atomic E-state index is 12.4. The van der Waals surface area contributed by atoms with E-state index in [1.165, 1.54) is 0 Å². The molecule has 8 heteroatoms. The normalized spacial score (nSPS) is 15.2. The van der Waals surface area contributed by atoms with E-state index in [1.54, 1.807) is 23.8 Å². The van der Waals surface area contributed by atoms with E-state index in [0.29, 0.717) is 26.3 Å². The molecule has 8 nitrogen and oxygen atoms in total. The zero-order valence-electron chi connectivity index (χ0n) is 17.1. The number of likely N-dealkylation sites (N-methyl/N-ethyl adjacent to an activating group) is 1. The molecule has 1 aliphatic heterocycles. The molecule has 1 fully saturated rings. The monoisotopic (exact) mass is 390 g/mol. The van der Waals surface area contributed by atoms with Gasteiger partial charge in [-0.1, -0.05) is 18.2 Å². The third-order valence-electron chi connectivity index (χ3n) is 4.96. The maximum absolute atomic E-state index is 12.4. The van der Waals surface area contributed by atoms with E-state index in [-0.39, 0.29) is 30.8 Å². The Hall–Kier alpha value is -2.45. The number of benzene rings is 1. The summed E-state index contributed by atoms with van der Waals surface area (Å²) in [4.78, 5) is 40.3. The highest BCUT2D eigenvalue weighted by molar-refractivity contribution is 5.96. The van der Waals surface area contributed by atoms with Gasteiger partial charge in [0.25, 0.3) is 0 Å². The Kier molecular flexibility index (Phi) is 7.95. The number of hydrogen-bond acceptors (Lipinski definition) is 5. The highest BCUT2D eigenvalue weighted by Gasteiger charge is 2.24. The lowest BCUT2D eigenvalue weighted by Gasteiger charge is -2.30. The number of hydrogen-bond donors (Lipinski definition) is 2. The lowest BCUT2D eigenvalue weighted by molar-refractivity contribution is -0.137. The number of morpholine rings is 1. The van der Waals surface area contributed by atoms with Gasteiger partial charge in [-0.2, -0.15) is 0 Å². The van der Waals surface area contributed by atoms with Gasteiger partial charge in [-0.05, 0) is 38.9 Å². The molecule has 0 unspecified atom stereocenters. The van der Waals surface area contributed by atoms with Gasteiger partial charge in [0.2, 0.25) is 17.7 Å². The molecule has 2 rings (SSSR count). The Morgan fingerprint density at radius 3 is 2.39 bits per heavy atom. The van der Waals surface area contributed by atoms with E-state index in [9.17, 15) is 14.4 Å². The van der Waals surface area contributed by atoms with Crippen molar-refractivity contribution in [2.45, 2.75) is 26.8 Å². The number of nitrogens with zero attached hydrogens (tertiary/aromatic N) is 2. The lowest BCUT2D eigenvalue weighted by atomic mass is 10.1. The van der Waals surface area contributed by atoms with Crippen LogP contribution in [0.5, 0.6) is 0 Å². The highest BCUT2D eigenvalue weighted by Crippen LogP contribution is 2.18. The zero-order chi connectivity index (χ0) is 20.7. The van der Waals surface area contributed by atoms with Crippen LogP contribution < -0.4 is 10.6 Å².